The first kappa shape index (κ1) is 16.8. The smallest absolute Gasteiger partial charge is 0.120 e. The second kappa shape index (κ2) is 6.90. The van der Waals surface area contributed by atoms with Crippen LogP contribution in [0.5, 0.6) is 5.75 Å². The lowest BCUT2D eigenvalue weighted by Crippen LogP contribution is -2.42. The molecule has 5 heteroatoms. The van der Waals surface area contributed by atoms with Gasteiger partial charge in [-0.15, -0.1) is 0 Å². The third-order valence-electron chi connectivity index (χ3n) is 5.61. The maximum absolute atomic E-state index is 9.91. The Hall–Kier alpha value is -1.69. The highest BCUT2D eigenvalue weighted by molar-refractivity contribution is 5.80. The minimum atomic E-state index is -0.0819. The van der Waals surface area contributed by atoms with E-state index in [1.54, 1.807) is 0 Å². The predicted octanol–water partition coefficient (Wildman–Crippen LogP) is 2.46. The number of hydrogen-bond acceptors (Lipinski definition) is 5. The van der Waals surface area contributed by atoms with E-state index in [0.29, 0.717) is 19.1 Å². The van der Waals surface area contributed by atoms with E-state index in [0.717, 1.165) is 55.0 Å². The average molecular weight is 342 g/mol. The highest BCUT2D eigenvalue weighted by Gasteiger charge is 2.47. The molecule has 0 spiro atoms. The summed E-state index contributed by atoms with van der Waals surface area (Å²) >= 11 is 0. The summed E-state index contributed by atoms with van der Waals surface area (Å²) in [6, 6.07) is 10.3. The fourth-order valence-electron chi connectivity index (χ4n) is 4.27. The molecule has 2 aliphatic heterocycles. The Morgan fingerprint density at radius 2 is 2.28 bits per heavy atom. The van der Waals surface area contributed by atoms with E-state index in [2.05, 4.69) is 17.0 Å². The number of aromatic nitrogens is 1. The summed E-state index contributed by atoms with van der Waals surface area (Å²) in [5, 5.41) is 11.0. The fraction of sp³-hybridized carbons (Fsp3) is 0.550. The van der Waals surface area contributed by atoms with Crippen LogP contribution in [0.25, 0.3) is 10.9 Å². The first-order valence-electron chi connectivity index (χ1n) is 9.16. The Morgan fingerprint density at radius 1 is 1.36 bits per heavy atom. The predicted molar refractivity (Wildman–Crippen MR) is 96.6 cm³/mol. The van der Waals surface area contributed by atoms with Crippen molar-refractivity contribution in [2.45, 2.75) is 19.9 Å². The molecular formula is C20H26N2O3. The number of likely N-dealkylation sites (tertiary alicyclic amines) is 1. The summed E-state index contributed by atoms with van der Waals surface area (Å²) in [6.45, 7) is 7.09. The third-order valence-corrected chi connectivity index (χ3v) is 5.61. The maximum atomic E-state index is 9.91. The lowest BCUT2D eigenvalue weighted by atomic mass is 9.76. The number of hydrogen-bond donors (Lipinski definition) is 1. The quantitative estimate of drug-likeness (QED) is 0.905. The number of ether oxygens (including phenoxy) is 2. The first-order chi connectivity index (χ1) is 12.2. The summed E-state index contributed by atoms with van der Waals surface area (Å²) in [4.78, 5) is 7.23. The van der Waals surface area contributed by atoms with E-state index in [9.17, 15) is 5.11 Å². The molecule has 134 valence electrons. The molecule has 3 heterocycles. The van der Waals surface area contributed by atoms with E-state index >= 15 is 0 Å². The summed E-state index contributed by atoms with van der Waals surface area (Å²) in [7, 11) is 0. The van der Waals surface area contributed by atoms with Gasteiger partial charge >= 0.3 is 0 Å². The highest BCUT2D eigenvalue weighted by atomic mass is 16.5. The minimum absolute atomic E-state index is 0.0819. The average Bonchev–Trinajstić information content (AvgIpc) is 3.00. The van der Waals surface area contributed by atoms with Crippen LogP contribution in [0.3, 0.4) is 0 Å². The number of pyridine rings is 1. The van der Waals surface area contributed by atoms with E-state index in [-0.39, 0.29) is 12.0 Å². The molecule has 0 unspecified atom stereocenters. The van der Waals surface area contributed by atoms with Crippen molar-refractivity contribution >= 4 is 10.9 Å². The van der Waals surface area contributed by atoms with Crippen LogP contribution in [0, 0.1) is 11.3 Å². The Kier molecular flexibility index (Phi) is 4.63. The Labute approximate surface area is 148 Å². The molecule has 5 nitrogen and oxygen atoms in total. The molecule has 0 saturated carbocycles. The van der Waals surface area contributed by atoms with Gasteiger partial charge in [-0.25, -0.2) is 0 Å². The first-order valence-corrected chi connectivity index (χ1v) is 9.16. The monoisotopic (exact) mass is 342 g/mol. The Balaban J connectivity index is 1.50. The van der Waals surface area contributed by atoms with Gasteiger partial charge in [0.2, 0.25) is 0 Å². The summed E-state index contributed by atoms with van der Waals surface area (Å²) in [5.41, 5.74) is 1.99. The van der Waals surface area contributed by atoms with Gasteiger partial charge in [-0.3, -0.25) is 9.88 Å². The van der Waals surface area contributed by atoms with E-state index in [1.165, 1.54) is 0 Å². The Bertz CT molecular complexity index is 751. The molecule has 1 aromatic heterocycles. The molecule has 0 aliphatic carbocycles. The van der Waals surface area contributed by atoms with E-state index < -0.39 is 0 Å². The molecule has 4 rings (SSSR count). The standard InChI is InChI=1S/C20H26N2O3/c1-2-25-18-5-6-19-15(9-18)3-4-17(21-19)11-22-10-16-7-8-24-14-20(16,12-22)13-23/h3-6,9,16,23H,2,7-8,10-14H2,1H3/t16-,20+/m0/s1. The third kappa shape index (κ3) is 3.24. The van der Waals surface area contributed by atoms with Crippen molar-refractivity contribution < 1.29 is 14.6 Å². The fourth-order valence-corrected chi connectivity index (χ4v) is 4.27. The van der Waals surface area contributed by atoms with Gasteiger partial charge < -0.3 is 14.6 Å². The van der Waals surface area contributed by atoms with Crippen LogP contribution in [0.2, 0.25) is 0 Å². The number of fused-ring (bicyclic) bond motifs is 2. The molecular weight excluding hydrogens is 316 g/mol. The zero-order valence-corrected chi connectivity index (χ0v) is 14.8. The second-order valence-electron chi connectivity index (χ2n) is 7.32. The van der Waals surface area contributed by atoms with Gasteiger partial charge in [-0.1, -0.05) is 6.07 Å². The van der Waals surface area contributed by atoms with Gasteiger partial charge in [-0.2, -0.15) is 0 Å². The maximum Gasteiger partial charge on any atom is 0.120 e. The molecule has 2 aliphatic rings. The molecule has 0 amide bonds. The normalized spacial score (nSPS) is 26.7. The van der Waals surface area contributed by atoms with Crippen molar-refractivity contribution in [1.82, 2.24) is 9.88 Å². The van der Waals surface area contributed by atoms with Gasteiger partial charge in [0.15, 0.2) is 0 Å². The van der Waals surface area contributed by atoms with Gasteiger partial charge in [0.05, 0.1) is 31.0 Å². The summed E-state index contributed by atoms with van der Waals surface area (Å²) in [5.74, 6) is 1.42. The van der Waals surface area contributed by atoms with Crippen molar-refractivity contribution in [2.24, 2.45) is 11.3 Å². The lowest BCUT2D eigenvalue weighted by molar-refractivity contribution is -0.0561. The van der Waals surface area contributed by atoms with Crippen molar-refractivity contribution in [1.29, 1.82) is 0 Å². The minimum Gasteiger partial charge on any atom is -0.494 e. The molecule has 2 aromatic rings. The molecule has 25 heavy (non-hydrogen) atoms. The van der Waals surface area contributed by atoms with E-state index in [1.807, 2.05) is 25.1 Å². The molecule has 2 saturated heterocycles. The molecule has 0 radical (unpaired) electrons. The summed E-state index contributed by atoms with van der Waals surface area (Å²) in [6.07, 6.45) is 1.04. The van der Waals surface area contributed by atoms with Crippen molar-refractivity contribution in [2.75, 3.05) is 39.5 Å². The second-order valence-corrected chi connectivity index (χ2v) is 7.32. The largest absolute Gasteiger partial charge is 0.494 e. The summed E-state index contributed by atoms with van der Waals surface area (Å²) < 4.78 is 11.2. The number of nitrogens with zero attached hydrogens (tertiary/aromatic N) is 2. The van der Waals surface area contributed by atoms with Crippen LogP contribution in [0.4, 0.5) is 0 Å². The van der Waals surface area contributed by atoms with Crippen LogP contribution < -0.4 is 4.74 Å². The number of aliphatic hydroxyl groups excluding tert-OH is 1. The van der Waals surface area contributed by atoms with Gasteiger partial charge in [0.25, 0.3) is 0 Å². The lowest BCUT2D eigenvalue weighted by Gasteiger charge is -2.36. The highest BCUT2D eigenvalue weighted by Crippen LogP contribution is 2.41. The topological polar surface area (TPSA) is 54.8 Å². The molecule has 1 N–H and O–H groups in total. The molecule has 1 aromatic carbocycles. The van der Waals surface area contributed by atoms with Crippen LogP contribution >= 0.6 is 0 Å². The molecule has 2 fully saturated rings. The van der Waals surface area contributed by atoms with Gasteiger partial charge in [0, 0.05) is 37.0 Å². The number of aliphatic hydroxyl groups is 1. The Morgan fingerprint density at radius 3 is 3.08 bits per heavy atom. The van der Waals surface area contributed by atoms with Crippen LogP contribution in [-0.4, -0.2) is 54.5 Å². The van der Waals surface area contributed by atoms with Crippen molar-refractivity contribution in [3.8, 4) is 5.75 Å². The van der Waals surface area contributed by atoms with E-state index in [4.69, 9.17) is 14.5 Å². The molecule has 0 bridgehead atoms. The number of benzene rings is 1. The zero-order valence-electron chi connectivity index (χ0n) is 14.8. The molecule has 2 atom stereocenters. The van der Waals surface area contributed by atoms with Crippen molar-refractivity contribution in [3.05, 3.63) is 36.0 Å². The van der Waals surface area contributed by atoms with Gasteiger partial charge in [-0.05, 0) is 43.5 Å². The van der Waals surface area contributed by atoms with Crippen LogP contribution in [0.1, 0.15) is 19.0 Å². The van der Waals surface area contributed by atoms with Crippen LogP contribution in [-0.2, 0) is 11.3 Å². The zero-order chi connectivity index (χ0) is 17.3. The van der Waals surface area contributed by atoms with Crippen molar-refractivity contribution in [3.63, 3.8) is 0 Å². The SMILES string of the molecule is CCOc1ccc2nc(CN3C[C@@H]4CCOC[C@]4(CO)C3)ccc2c1. The number of rotatable bonds is 5. The van der Waals surface area contributed by atoms with Crippen LogP contribution in [0.15, 0.2) is 30.3 Å². The van der Waals surface area contributed by atoms with Gasteiger partial charge in [0.1, 0.15) is 5.75 Å².